The number of nitrogens with one attached hydrogen (secondary N) is 1. The summed E-state index contributed by atoms with van der Waals surface area (Å²) in [6.07, 6.45) is 3.33. The molecule has 0 saturated heterocycles. The monoisotopic (exact) mass is 207 g/mol. The Kier molecular flexibility index (Phi) is 3.60. The zero-order valence-corrected chi connectivity index (χ0v) is 9.36. The van der Waals surface area contributed by atoms with Crippen molar-refractivity contribution >= 4 is 11.7 Å². The van der Waals surface area contributed by atoms with Crippen molar-refractivity contribution in [2.24, 2.45) is 11.7 Å². The van der Waals surface area contributed by atoms with Crippen LogP contribution in [-0.4, -0.2) is 29.4 Å². The van der Waals surface area contributed by atoms with Crippen molar-refractivity contribution in [1.29, 1.82) is 5.41 Å². The number of amidine groups is 1. The first-order valence-corrected chi connectivity index (χ1v) is 4.85. The Labute approximate surface area is 89.8 Å². The Morgan fingerprint density at radius 2 is 2.13 bits per heavy atom. The molecular formula is C10H17N5. The summed E-state index contributed by atoms with van der Waals surface area (Å²) in [5.74, 6) is 1.06. The molecule has 5 heteroatoms. The smallest absolute Gasteiger partial charge is 0.149 e. The van der Waals surface area contributed by atoms with Gasteiger partial charge >= 0.3 is 0 Å². The van der Waals surface area contributed by atoms with Crippen LogP contribution < -0.4 is 10.6 Å². The van der Waals surface area contributed by atoms with Crippen molar-refractivity contribution in [3.8, 4) is 0 Å². The summed E-state index contributed by atoms with van der Waals surface area (Å²) in [6.45, 7) is 4.51. The third kappa shape index (κ3) is 2.90. The number of aromatic nitrogens is 2. The Balaban J connectivity index is 2.73. The average molecular weight is 207 g/mol. The molecule has 0 radical (unpaired) electrons. The van der Waals surface area contributed by atoms with Crippen molar-refractivity contribution in [2.45, 2.75) is 13.8 Å². The Morgan fingerprint density at radius 3 is 2.67 bits per heavy atom. The molecule has 1 aromatic heterocycles. The minimum Gasteiger partial charge on any atom is -0.387 e. The Bertz CT molecular complexity index is 349. The van der Waals surface area contributed by atoms with Crippen LogP contribution >= 0.6 is 0 Å². The van der Waals surface area contributed by atoms with Gasteiger partial charge in [0, 0.05) is 31.9 Å². The fraction of sp³-hybridized carbons (Fsp3) is 0.500. The number of aryl methyl sites for hydroxylation is 1. The lowest BCUT2D eigenvalue weighted by molar-refractivity contribution is 0.718. The summed E-state index contributed by atoms with van der Waals surface area (Å²) in [6, 6.07) is 0. The maximum atomic E-state index is 7.32. The van der Waals surface area contributed by atoms with Crippen LogP contribution in [0.2, 0.25) is 0 Å². The van der Waals surface area contributed by atoms with Gasteiger partial charge in [0.25, 0.3) is 0 Å². The van der Waals surface area contributed by atoms with E-state index in [9.17, 15) is 0 Å². The van der Waals surface area contributed by atoms with Gasteiger partial charge in [-0.3, -0.25) is 10.4 Å². The molecule has 5 nitrogen and oxygen atoms in total. The zero-order valence-electron chi connectivity index (χ0n) is 9.36. The van der Waals surface area contributed by atoms with Crippen LogP contribution in [0.1, 0.15) is 12.6 Å². The quantitative estimate of drug-likeness (QED) is 0.565. The lowest BCUT2D eigenvalue weighted by atomic mass is 10.1. The van der Waals surface area contributed by atoms with Crippen LogP contribution in [0.25, 0.3) is 0 Å². The third-order valence-electron chi connectivity index (χ3n) is 2.30. The van der Waals surface area contributed by atoms with Crippen LogP contribution in [0.4, 0.5) is 5.82 Å². The molecule has 0 aliphatic heterocycles. The number of rotatable bonds is 4. The van der Waals surface area contributed by atoms with E-state index in [1.54, 1.807) is 12.4 Å². The van der Waals surface area contributed by atoms with E-state index >= 15 is 0 Å². The second-order valence-electron chi connectivity index (χ2n) is 3.70. The number of hydrogen-bond donors (Lipinski definition) is 2. The van der Waals surface area contributed by atoms with Crippen molar-refractivity contribution in [3.63, 3.8) is 0 Å². The van der Waals surface area contributed by atoms with Gasteiger partial charge in [0.2, 0.25) is 0 Å². The van der Waals surface area contributed by atoms with Gasteiger partial charge in [0.05, 0.1) is 11.5 Å². The van der Waals surface area contributed by atoms with Crippen molar-refractivity contribution < 1.29 is 0 Å². The molecule has 0 spiro atoms. The first-order valence-electron chi connectivity index (χ1n) is 4.85. The van der Waals surface area contributed by atoms with E-state index in [4.69, 9.17) is 11.1 Å². The number of nitrogens with zero attached hydrogens (tertiary/aromatic N) is 3. The van der Waals surface area contributed by atoms with Gasteiger partial charge in [-0.2, -0.15) is 0 Å². The SMILES string of the molecule is Cc1nccnc1N(C)CC(C)C(=N)N. The van der Waals surface area contributed by atoms with Crippen molar-refractivity contribution in [3.05, 3.63) is 18.1 Å². The van der Waals surface area contributed by atoms with Gasteiger partial charge in [-0.15, -0.1) is 0 Å². The molecule has 0 aliphatic carbocycles. The second-order valence-corrected chi connectivity index (χ2v) is 3.70. The lowest BCUT2D eigenvalue weighted by Crippen LogP contribution is -2.32. The molecular weight excluding hydrogens is 190 g/mol. The molecule has 1 heterocycles. The van der Waals surface area contributed by atoms with E-state index in [0.29, 0.717) is 6.54 Å². The second kappa shape index (κ2) is 4.72. The van der Waals surface area contributed by atoms with Crippen molar-refractivity contribution in [1.82, 2.24) is 9.97 Å². The van der Waals surface area contributed by atoms with Gasteiger partial charge in [-0.25, -0.2) is 4.98 Å². The summed E-state index contributed by atoms with van der Waals surface area (Å²) >= 11 is 0. The third-order valence-corrected chi connectivity index (χ3v) is 2.30. The molecule has 0 aliphatic rings. The Morgan fingerprint density at radius 1 is 1.53 bits per heavy atom. The van der Waals surface area contributed by atoms with E-state index in [1.165, 1.54) is 0 Å². The molecule has 0 aromatic carbocycles. The molecule has 1 rings (SSSR count). The predicted molar refractivity (Wildman–Crippen MR) is 61.1 cm³/mol. The van der Waals surface area contributed by atoms with Gasteiger partial charge in [-0.05, 0) is 6.92 Å². The van der Waals surface area contributed by atoms with Crippen LogP contribution in [0.15, 0.2) is 12.4 Å². The van der Waals surface area contributed by atoms with E-state index in [0.717, 1.165) is 11.5 Å². The van der Waals surface area contributed by atoms with Gasteiger partial charge < -0.3 is 10.6 Å². The largest absolute Gasteiger partial charge is 0.387 e. The average Bonchev–Trinajstić information content (AvgIpc) is 2.18. The molecule has 0 fully saturated rings. The highest BCUT2D eigenvalue weighted by atomic mass is 15.2. The summed E-state index contributed by atoms with van der Waals surface area (Å²) in [5, 5.41) is 7.32. The van der Waals surface area contributed by atoms with E-state index in [-0.39, 0.29) is 11.8 Å². The predicted octanol–water partition coefficient (Wildman–Crippen LogP) is 0.793. The highest BCUT2D eigenvalue weighted by Crippen LogP contribution is 2.13. The fourth-order valence-corrected chi connectivity index (χ4v) is 1.37. The number of nitrogens with two attached hydrogens (primary N) is 1. The molecule has 0 bridgehead atoms. The molecule has 0 saturated carbocycles. The number of anilines is 1. The minimum absolute atomic E-state index is 0.0245. The van der Waals surface area contributed by atoms with Gasteiger partial charge in [0.15, 0.2) is 0 Å². The molecule has 1 atom stereocenters. The summed E-state index contributed by atoms with van der Waals surface area (Å²) in [5.41, 5.74) is 6.31. The van der Waals surface area contributed by atoms with Crippen LogP contribution in [0.5, 0.6) is 0 Å². The highest BCUT2D eigenvalue weighted by molar-refractivity contribution is 5.79. The van der Waals surface area contributed by atoms with Crippen LogP contribution in [0, 0.1) is 18.3 Å². The molecule has 3 N–H and O–H groups in total. The normalized spacial score (nSPS) is 12.2. The maximum absolute atomic E-state index is 7.32. The number of hydrogen-bond acceptors (Lipinski definition) is 4. The topological polar surface area (TPSA) is 78.9 Å². The van der Waals surface area contributed by atoms with Crippen molar-refractivity contribution in [2.75, 3.05) is 18.5 Å². The standard InChI is InChI=1S/C10H17N5/c1-7(9(11)12)6-15(3)10-8(2)13-4-5-14-10/h4-5,7H,6H2,1-3H3,(H3,11,12). The van der Waals surface area contributed by atoms with Crippen LogP contribution in [-0.2, 0) is 0 Å². The van der Waals surface area contributed by atoms with E-state index < -0.39 is 0 Å². The fourth-order valence-electron chi connectivity index (χ4n) is 1.37. The molecule has 82 valence electrons. The molecule has 15 heavy (non-hydrogen) atoms. The molecule has 0 amide bonds. The minimum atomic E-state index is 0.0245. The lowest BCUT2D eigenvalue weighted by Gasteiger charge is -2.22. The van der Waals surface area contributed by atoms with E-state index in [2.05, 4.69) is 9.97 Å². The molecule has 1 aromatic rings. The summed E-state index contributed by atoms with van der Waals surface area (Å²) in [7, 11) is 1.93. The first-order chi connectivity index (χ1) is 7.02. The zero-order chi connectivity index (χ0) is 11.4. The highest BCUT2D eigenvalue weighted by Gasteiger charge is 2.12. The first kappa shape index (κ1) is 11.4. The van der Waals surface area contributed by atoms with Gasteiger partial charge in [-0.1, -0.05) is 6.92 Å². The Hall–Kier alpha value is -1.65. The summed E-state index contributed by atoms with van der Waals surface area (Å²) < 4.78 is 0. The van der Waals surface area contributed by atoms with Crippen LogP contribution in [0.3, 0.4) is 0 Å². The maximum Gasteiger partial charge on any atom is 0.149 e. The van der Waals surface area contributed by atoms with Gasteiger partial charge in [0.1, 0.15) is 5.82 Å². The van der Waals surface area contributed by atoms with E-state index in [1.807, 2.05) is 25.8 Å². The molecule has 1 unspecified atom stereocenters. The summed E-state index contributed by atoms with van der Waals surface area (Å²) in [4.78, 5) is 10.4.